The molecule has 1 aromatic rings. The second-order valence-corrected chi connectivity index (χ2v) is 6.15. The number of amides is 1. The predicted octanol–water partition coefficient (Wildman–Crippen LogP) is 2.20. The van der Waals surface area contributed by atoms with Crippen molar-refractivity contribution in [2.24, 2.45) is 0 Å². The standard InChI is InChI=1S/C15H23N3O2/c1-15(2,3)18-11-6-7-16-13(9-11)14(19)17-10-12-5-4-8-20-12/h6-7,9,12H,4-5,8,10H2,1-3H3,(H,16,18)(H,17,19). The molecule has 1 atom stereocenters. The van der Waals surface area contributed by atoms with Crippen LogP contribution in [0, 0.1) is 0 Å². The number of ether oxygens (including phenoxy) is 1. The summed E-state index contributed by atoms with van der Waals surface area (Å²) in [5.41, 5.74) is 1.28. The number of hydrogen-bond donors (Lipinski definition) is 2. The molecule has 0 spiro atoms. The number of pyridine rings is 1. The van der Waals surface area contributed by atoms with Crippen LogP contribution in [-0.2, 0) is 4.74 Å². The molecule has 2 N–H and O–H groups in total. The van der Waals surface area contributed by atoms with E-state index in [-0.39, 0.29) is 17.6 Å². The van der Waals surface area contributed by atoms with Crippen LogP contribution in [0.5, 0.6) is 0 Å². The number of anilines is 1. The van der Waals surface area contributed by atoms with Crippen molar-refractivity contribution in [3.63, 3.8) is 0 Å². The molecule has 0 aliphatic carbocycles. The minimum atomic E-state index is -0.155. The Hall–Kier alpha value is -1.62. The summed E-state index contributed by atoms with van der Waals surface area (Å²) in [6, 6.07) is 3.64. The van der Waals surface area contributed by atoms with Gasteiger partial charge in [-0.1, -0.05) is 0 Å². The molecule has 1 fully saturated rings. The maximum Gasteiger partial charge on any atom is 0.270 e. The Kier molecular flexibility index (Phi) is 4.60. The molecule has 1 aromatic heterocycles. The van der Waals surface area contributed by atoms with Gasteiger partial charge in [0.25, 0.3) is 5.91 Å². The first-order valence-corrected chi connectivity index (χ1v) is 7.08. The Labute approximate surface area is 120 Å². The van der Waals surface area contributed by atoms with Crippen LogP contribution in [0.4, 0.5) is 5.69 Å². The van der Waals surface area contributed by atoms with E-state index in [1.54, 1.807) is 12.3 Å². The van der Waals surface area contributed by atoms with Crippen LogP contribution in [0.15, 0.2) is 18.3 Å². The van der Waals surface area contributed by atoms with E-state index in [0.717, 1.165) is 25.1 Å². The molecule has 1 aliphatic rings. The highest BCUT2D eigenvalue weighted by Gasteiger charge is 2.17. The van der Waals surface area contributed by atoms with Crippen LogP contribution < -0.4 is 10.6 Å². The zero-order valence-corrected chi connectivity index (χ0v) is 12.4. The van der Waals surface area contributed by atoms with E-state index in [9.17, 15) is 4.79 Å². The molecular weight excluding hydrogens is 254 g/mol. The molecule has 1 aliphatic heterocycles. The Balaban J connectivity index is 1.93. The lowest BCUT2D eigenvalue weighted by atomic mass is 10.1. The van der Waals surface area contributed by atoms with Gasteiger partial charge >= 0.3 is 0 Å². The lowest BCUT2D eigenvalue weighted by molar-refractivity contribution is 0.0854. The van der Waals surface area contributed by atoms with Gasteiger partial charge in [-0.3, -0.25) is 9.78 Å². The highest BCUT2D eigenvalue weighted by Crippen LogP contribution is 2.15. The average Bonchev–Trinajstić information content (AvgIpc) is 2.87. The largest absolute Gasteiger partial charge is 0.380 e. The first-order chi connectivity index (χ1) is 9.44. The SMILES string of the molecule is CC(C)(C)Nc1ccnc(C(=O)NCC2CCCO2)c1. The van der Waals surface area contributed by atoms with Crippen molar-refractivity contribution in [3.8, 4) is 0 Å². The molecule has 5 nitrogen and oxygen atoms in total. The number of carbonyl (C=O) groups is 1. The summed E-state index contributed by atoms with van der Waals surface area (Å²) in [6.45, 7) is 7.57. The van der Waals surface area contributed by atoms with Gasteiger partial charge in [0.1, 0.15) is 5.69 Å². The predicted molar refractivity (Wildman–Crippen MR) is 78.9 cm³/mol. The molecular formula is C15H23N3O2. The number of nitrogens with one attached hydrogen (secondary N) is 2. The van der Waals surface area contributed by atoms with Gasteiger partial charge in [0.15, 0.2) is 0 Å². The quantitative estimate of drug-likeness (QED) is 0.885. The van der Waals surface area contributed by atoms with Gasteiger partial charge in [-0.25, -0.2) is 0 Å². The molecule has 0 radical (unpaired) electrons. The molecule has 20 heavy (non-hydrogen) atoms. The van der Waals surface area contributed by atoms with Crippen molar-refractivity contribution in [1.82, 2.24) is 10.3 Å². The van der Waals surface area contributed by atoms with Crippen molar-refractivity contribution in [1.29, 1.82) is 0 Å². The van der Waals surface area contributed by atoms with Gasteiger partial charge in [0.05, 0.1) is 6.10 Å². The van der Waals surface area contributed by atoms with Crippen LogP contribution in [0.2, 0.25) is 0 Å². The summed E-state index contributed by atoms with van der Waals surface area (Å²) < 4.78 is 5.48. The van der Waals surface area contributed by atoms with Gasteiger partial charge in [-0.15, -0.1) is 0 Å². The molecule has 1 saturated heterocycles. The fourth-order valence-corrected chi connectivity index (χ4v) is 2.17. The lowest BCUT2D eigenvalue weighted by Gasteiger charge is -2.22. The van der Waals surface area contributed by atoms with Crippen molar-refractivity contribution >= 4 is 11.6 Å². The van der Waals surface area contributed by atoms with Crippen molar-refractivity contribution in [2.75, 3.05) is 18.5 Å². The average molecular weight is 277 g/mol. The summed E-state index contributed by atoms with van der Waals surface area (Å²) >= 11 is 0. The third-order valence-corrected chi connectivity index (χ3v) is 3.03. The molecule has 2 heterocycles. The first-order valence-electron chi connectivity index (χ1n) is 7.08. The zero-order valence-electron chi connectivity index (χ0n) is 12.4. The second-order valence-electron chi connectivity index (χ2n) is 6.15. The molecule has 2 rings (SSSR count). The topological polar surface area (TPSA) is 63.2 Å². The first kappa shape index (κ1) is 14.8. The highest BCUT2D eigenvalue weighted by atomic mass is 16.5. The third kappa shape index (κ3) is 4.49. The molecule has 110 valence electrons. The molecule has 1 amide bonds. The van der Waals surface area contributed by atoms with E-state index in [1.807, 2.05) is 6.07 Å². The van der Waals surface area contributed by atoms with Crippen LogP contribution in [0.3, 0.4) is 0 Å². The monoisotopic (exact) mass is 277 g/mol. The summed E-state index contributed by atoms with van der Waals surface area (Å²) in [5, 5.41) is 6.21. The zero-order chi connectivity index (χ0) is 14.6. The molecule has 0 saturated carbocycles. The van der Waals surface area contributed by atoms with Gasteiger partial charge < -0.3 is 15.4 Å². The molecule has 0 bridgehead atoms. The maximum absolute atomic E-state index is 12.1. The van der Waals surface area contributed by atoms with Crippen molar-refractivity contribution < 1.29 is 9.53 Å². The van der Waals surface area contributed by atoms with Crippen molar-refractivity contribution in [2.45, 2.75) is 45.3 Å². The maximum atomic E-state index is 12.1. The van der Waals surface area contributed by atoms with E-state index in [0.29, 0.717) is 12.2 Å². The second kappa shape index (κ2) is 6.22. The Morgan fingerprint density at radius 2 is 2.30 bits per heavy atom. The minimum absolute atomic E-state index is 0.0488. The summed E-state index contributed by atoms with van der Waals surface area (Å²) in [4.78, 5) is 16.2. The van der Waals surface area contributed by atoms with Crippen LogP contribution in [0.25, 0.3) is 0 Å². The Morgan fingerprint density at radius 1 is 1.50 bits per heavy atom. The van der Waals surface area contributed by atoms with Gasteiger partial charge in [-0.05, 0) is 45.7 Å². The lowest BCUT2D eigenvalue weighted by Crippen LogP contribution is -2.32. The fraction of sp³-hybridized carbons (Fsp3) is 0.600. The minimum Gasteiger partial charge on any atom is -0.380 e. The van der Waals surface area contributed by atoms with Crippen molar-refractivity contribution in [3.05, 3.63) is 24.0 Å². The van der Waals surface area contributed by atoms with E-state index in [4.69, 9.17) is 4.74 Å². The highest BCUT2D eigenvalue weighted by molar-refractivity contribution is 5.93. The van der Waals surface area contributed by atoms with E-state index in [1.165, 1.54) is 0 Å². The van der Waals surface area contributed by atoms with Crippen LogP contribution in [-0.4, -0.2) is 35.7 Å². The number of hydrogen-bond acceptors (Lipinski definition) is 4. The molecule has 1 unspecified atom stereocenters. The number of rotatable bonds is 4. The summed E-state index contributed by atoms with van der Waals surface area (Å²) in [7, 11) is 0. The number of aromatic nitrogens is 1. The number of carbonyl (C=O) groups excluding carboxylic acids is 1. The molecule has 5 heteroatoms. The fourth-order valence-electron chi connectivity index (χ4n) is 2.17. The summed E-state index contributed by atoms with van der Waals surface area (Å²) in [6.07, 6.45) is 3.88. The van der Waals surface area contributed by atoms with Gasteiger partial charge in [0.2, 0.25) is 0 Å². The van der Waals surface area contributed by atoms with Gasteiger partial charge in [-0.2, -0.15) is 0 Å². The van der Waals surface area contributed by atoms with E-state index >= 15 is 0 Å². The van der Waals surface area contributed by atoms with E-state index < -0.39 is 0 Å². The Morgan fingerprint density at radius 3 is 2.95 bits per heavy atom. The van der Waals surface area contributed by atoms with Crippen LogP contribution >= 0.6 is 0 Å². The number of nitrogens with zero attached hydrogens (tertiary/aromatic N) is 1. The van der Waals surface area contributed by atoms with E-state index in [2.05, 4.69) is 36.4 Å². The van der Waals surface area contributed by atoms with Gasteiger partial charge in [0, 0.05) is 30.6 Å². The van der Waals surface area contributed by atoms with Crippen LogP contribution in [0.1, 0.15) is 44.1 Å². The Bertz CT molecular complexity index is 462. The smallest absolute Gasteiger partial charge is 0.270 e. The molecule has 0 aromatic carbocycles. The summed E-state index contributed by atoms with van der Waals surface area (Å²) in [5.74, 6) is -0.155. The normalized spacial score (nSPS) is 18.9. The third-order valence-electron chi connectivity index (χ3n) is 3.03.